The van der Waals surface area contributed by atoms with E-state index >= 15 is 0 Å². The molecule has 0 saturated carbocycles. The van der Waals surface area contributed by atoms with Gasteiger partial charge in [0.05, 0.1) is 23.8 Å². The Hall–Kier alpha value is -2.26. The maximum absolute atomic E-state index is 12.1. The van der Waals surface area contributed by atoms with Gasteiger partial charge in [-0.15, -0.1) is 11.8 Å². The van der Waals surface area contributed by atoms with Crippen LogP contribution in [0.5, 0.6) is 0 Å². The molecule has 1 fully saturated rings. The van der Waals surface area contributed by atoms with Crippen molar-refractivity contribution in [3.63, 3.8) is 0 Å². The number of carbonyl (C=O) groups is 2. The summed E-state index contributed by atoms with van der Waals surface area (Å²) >= 11 is 1.26. The van der Waals surface area contributed by atoms with Crippen molar-refractivity contribution in [2.24, 2.45) is 0 Å². The number of amides is 2. The van der Waals surface area contributed by atoms with Crippen molar-refractivity contribution in [3.05, 3.63) is 36.0 Å². The molecule has 1 unspecified atom stereocenters. The van der Waals surface area contributed by atoms with E-state index in [1.165, 1.54) is 24.6 Å². The lowest BCUT2D eigenvalue weighted by molar-refractivity contribution is -0.118. The van der Waals surface area contributed by atoms with Crippen LogP contribution in [-0.2, 0) is 9.59 Å². The predicted molar refractivity (Wildman–Crippen MR) is 102 cm³/mol. The van der Waals surface area contributed by atoms with Crippen molar-refractivity contribution in [3.8, 4) is 0 Å². The van der Waals surface area contributed by atoms with Crippen LogP contribution in [0.1, 0.15) is 30.4 Å². The maximum Gasteiger partial charge on any atom is 0.235 e. The molecule has 0 aromatic carbocycles. The van der Waals surface area contributed by atoms with Gasteiger partial charge in [-0.2, -0.15) is 0 Å². The number of nitrogens with one attached hydrogen (secondary N) is 2. The Labute approximate surface area is 162 Å². The molecule has 27 heavy (non-hydrogen) atoms. The maximum atomic E-state index is 12.1. The van der Waals surface area contributed by atoms with Gasteiger partial charge in [0.25, 0.3) is 0 Å². The van der Waals surface area contributed by atoms with Crippen LogP contribution in [0.3, 0.4) is 0 Å². The number of aromatic nitrogens is 1. The number of nitrogens with zero attached hydrogens (tertiary/aromatic N) is 2. The lowest BCUT2D eigenvalue weighted by Gasteiger charge is -2.25. The highest BCUT2D eigenvalue weighted by molar-refractivity contribution is 8.00. The summed E-state index contributed by atoms with van der Waals surface area (Å²) in [5, 5.41) is 9.28. The fraction of sp³-hybridized carbons (Fsp3) is 0.500. The number of carbonyl (C=O) groups excluding carboxylic acids is 2. The van der Waals surface area contributed by atoms with E-state index in [0.717, 1.165) is 18.8 Å². The van der Waals surface area contributed by atoms with Gasteiger partial charge in [0, 0.05) is 12.6 Å². The number of thioether (sulfide) groups is 1. The van der Waals surface area contributed by atoms with Crippen LogP contribution in [-0.4, -0.2) is 53.0 Å². The summed E-state index contributed by atoms with van der Waals surface area (Å²) in [4.78, 5) is 26.3. The first-order valence-corrected chi connectivity index (χ1v) is 10.1. The van der Waals surface area contributed by atoms with Crippen LogP contribution in [0.2, 0.25) is 0 Å². The number of aryl methyl sites for hydroxylation is 1. The van der Waals surface area contributed by atoms with Crippen LogP contribution < -0.4 is 10.6 Å². The highest BCUT2D eigenvalue weighted by Crippen LogP contribution is 2.24. The molecular weight excluding hydrogens is 368 g/mol. The van der Waals surface area contributed by atoms with Crippen LogP contribution in [0.25, 0.3) is 0 Å². The highest BCUT2D eigenvalue weighted by Gasteiger charge is 2.25. The molecule has 146 valence electrons. The van der Waals surface area contributed by atoms with E-state index in [9.17, 15) is 9.59 Å². The van der Waals surface area contributed by atoms with Gasteiger partial charge in [0.15, 0.2) is 5.82 Å². The highest BCUT2D eigenvalue weighted by atomic mass is 32.2. The molecule has 8 nitrogen and oxygen atoms in total. The summed E-state index contributed by atoms with van der Waals surface area (Å²) < 4.78 is 10.4. The second kappa shape index (κ2) is 9.61. The second-order valence-electron chi connectivity index (χ2n) is 6.44. The van der Waals surface area contributed by atoms with Crippen LogP contribution >= 0.6 is 11.8 Å². The molecule has 0 bridgehead atoms. The monoisotopic (exact) mass is 392 g/mol. The van der Waals surface area contributed by atoms with Gasteiger partial charge in [-0.25, -0.2) is 0 Å². The summed E-state index contributed by atoms with van der Waals surface area (Å²) in [5.74, 6) is 1.96. The summed E-state index contributed by atoms with van der Waals surface area (Å²) in [6.07, 6.45) is 3.99. The van der Waals surface area contributed by atoms with Crippen LogP contribution in [0.4, 0.5) is 5.82 Å². The SMILES string of the molecule is Cc1cc(NC(=O)CSCC(=O)NCC(c2ccco2)N2CCCC2)no1. The van der Waals surface area contributed by atoms with E-state index in [0.29, 0.717) is 18.1 Å². The Bertz CT molecular complexity index is 740. The molecule has 1 aliphatic rings. The number of hydrogen-bond donors (Lipinski definition) is 2. The Morgan fingerprint density at radius 2 is 2.07 bits per heavy atom. The smallest absolute Gasteiger partial charge is 0.235 e. The average Bonchev–Trinajstić information content (AvgIpc) is 3.39. The minimum atomic E-state index is -0.216. The van der Waals surface area contributed by atoms with Gasteiger partial charge in [0.2, 0.25) is 11.8 Å². The molecule has 1 saturated heterocycles. The third kappa shape index (κ3) is 5.86. The van der Waals surface area contributed by atoms with Gasteiger partial charge >= 0.3 is 0 Å². The van der Waals surface area contributed by atoms with Crippen LogP contribution in [0, 0.1) is 6.92 Å². The predicted octanol–water partition coefficient (Wildman–Crippen LogP) is 2.20. The Morgan fingerprint density at radius 1 is 1.30 bits per heavy atom. The Balaban J connectivity index is 1.38. The molecule has 9 heteroatoms. The summed E-state index contributed by atoms with van der Waals surface area (Å²) in [5.41, 5.74) is 0. The first kappa shape index (κ1) is 19.5. The van der Waals surface area contributed by atoms with E-state index in [1.54, 1.807) is 19.3 Å². The molecule has 0 aliphatic carbocycles. The molecular formula is C18H24N4O4S. The molecule has 2 aromatic heterocycles. The van der Waals surface area contributed by atoms with Crippen LogP contribution in [0.15, 0.2) is 33.4 Å². The van der Waals surface area contributed by atoms with Crippen molar-refractivity contribution in [1.82, 2.24) is 15.4 Å². The number of furan rings is 1. The van der Waals surface area contributed by atoms with E-state index in [4.69, 9.17) is 8.94 Å². The zero-order chi connectivity index (χ0) is 19.1. The molecule has 0 spiro atoms. The standard InChI is InChI=1S/C18H24N4O4S/c1-13-9-16(21-26-13)20-18(24)12-27-11-17(23)19-10-14(15-5-4-8-25-15)22-6-2-3-7-22/h4-5,8-9,14H,2-3,6-7,10-12H2,1H3,(H,19,23)(H,20,21,24). The van der Waals surface area contributed by atoms with Gasteiger partial charge < -0.3 is 19.6 Å². The number of likely N-dealkylation sites (tertiary alicyclic amines) is 1. The lowest BCUT2D eigenvalue weighted by atomic mass is 10.2. The lowest BCUT2D eigenvalue weighted by Crippen LogP contribution is -2.37. The van der Waals surface area contributed by atoms with Crippen molar-refractivity contribution < 1.29 is 18.5 Å². The second-order valence-corrected chi connectivity index (χ2v) is 7.43. The van der Waals surface area contributed by atoms with Gasteiger partial charge in [-0.3, -0.25) is 14.5 Å². The summed E-state index contributed by atoms with van der Waals surface area (Å²) in [6.45, 7) is 4.27. The third-order valence-electron chi connectivity index (χ3n) is 4.31. The molecule has 0 radical (unpaired) electrons. The topological polar surface area (TPSA) is 101 Å². The van der Waals surface area contributed by atoms with Crippen molar-refractivity contribution in [1.29, 1.82) is 0 Å². The Morgan fingerprint density at radius 3 is 2.74 bits per heavy atom. The van der Waals surface area contributed by atoms with Crippen molar-refractivity contribution in [2.45, 2.75) is 25.8 Å². The number of hydrogen-bond acceptors (Lipinski definition) is 7. The number of anilines is 1. The van der Waals surface area contributed by atoms with E-state index in [-0.39, 0.29) is 29.4 Å². The van der Waals surface area contributed by atoms with E-state index in [1.807, 2.05) is 12.1 Å². The minimum Gasteiger partial charge on any atom is -0.468 e. The molecule has 1 atom stereocenters. The zero-order valence-electron chi connectivity index (χ0n) is 15.3. The molecule has 1 aliphatic heterocycles. The van der Waals surface area contributed by atoms with Crippen molar-refractivity contribution in [2.75, 3.05) is 36.5 Å². The molecule has 2 amide bonds. The fourth-order valence-corrected chi connectivity index (χ4v) is 3.69. The van der Waals surface area contributed by atoms with Crippen molar-refractivity contribution >= 4 is 29.4 Å². The molecule has 3 rings (SSSR count). The summed E-state index contributed by atoms with van der Waals surface area (Å²) in [7, 11) is 0. The minimum absolute atomic E-state index is 0.0511. The van der Waals surface area contributed by atoms with E-state index < -0.39 is 0 Å². The molecule has 2 aromatic rings. The van der Waals surface area contributed by atoms with Gasteiger partial charge in [-0.05, 0) is 45.0 Å². The quantitative estimate of drug-likeness (QED) is 0.675. The normalized spacial score (nSPS) is 15.6. The number of rotatable bonds is 9. The Kier molecular flexibility index (Phi) is 6.94. The zero-order valence-corrected chi connectivity index (χ0v) is 16.1. The summed E-state index contributed by atoms with van der Waals surface area (Å²) in [6, 6.07) is 5.50. The molecule has 2 N–H and O–H groups in total. The average molecular weight is 392 g/mol. The third-order valence-corrected chi connectivity index (χ3v) is 5.24. The van der Waals surface area contributed by atoms with E-state index in [2.05, 4.69) is 20.7 Å². The van der Waals surface area contributed by atoms with Gasteiger partial charge in [-0.1, -0.05) is 5.16 Å². The van der Waals surface area contributed by atoms with Gasteiger partial charge in [0.1, 0.15) is 11.5 Å². The first-order chi connectivity index (χ1) is 13.1. The first-order valence-electron chi connectivity index (χ1n) is 8.97. The molecule has 3 heterocycles. The fourth-order valence-electron chi connectivity index (χ4n) is 3.05. The largest absolute Gasteiger partial charge is 0.468 e.